The Morgan fingerprint density at radius 2 is 1.67 bits per heavy atom. The van der Waals surface area contributed by atoms with Crippen LogP contribution in [0.3, 0.4) is 0 Å². The van der Waals surface area contributed by atoms with E-state index in [2.05, 4.69) is 10.0 Å². The number of sulfonamides is 1. The molecule has 2 N–H and O–H groups in total. The summed E-state index contributed by atoms with van der Waals surface area (Å²) in [5, 5.41) is 2.75. The zero-order valence-electron chi connectivity index (χ0n) is 15.5. The van der Waals surface area contributed by atoms with Crippen LogP contribution in [0.2, 0.25) is 0 Å². The molecule has 0 spiro atoms. The van der Waals surface area contributed by atoms with Crippen LogP contribution in [0.5, 0.6) is 0 Å². The minimum Gasteiger partial charge on any atom is -0.351 e. The zero-order chi connectivity index (χ0) is 20.0. The number of benzene rings is 2. The molecule has 0 saturated carbocycles. The van der Waals surface area contributed by atoms with Crippen LogP contribution in [0, 0.1) is 0 Å². The van der Waals surface area contributed by atoms with Crippen molar-refractivity contribution in [2.24, 2.45) is 0 Å². The van der Waals surface area contributed by atoms with Gasteiger partial charge in [-0.25, -0.2) is 8.42 Å². The molecule has 0 heterocycles. The number of ketones is 1. The highest BCUT2D eigenvalue weighted by atomic mass is 32.2. The minimum atomic E-state index is -3.86. The summed E-state index contributed by atoms with van der Waals surface area (Å²) >= 11 is 0. The average molecular weight is 389 g/mol. The molecule has 0 atom stereocenters. The van der Waals surface area contributed by atoms with E-state index in [0.717, 1.165) is 0 Å². The van der Waals surface area contributed by atoms with Gasteiger partial charge in [0, 0.05) is 29.9 Å². The first kappa shape index (κ1) is 20.6. The second-order valence-electron chi connectivity index (χ2n) is 6.33. The Bertz CT molecular complexity index is 922. The summed E-state index contributed by atoms with van der Waals surface area (Å²) < 4.78 is 27.6. The molecule has 0 bridgehead atoms. The molecule has 0 aliphatic rings. The molecule has 144 valence electrons. The number of Topliss-reactive ketones (excluding diaryl/α,β-unsaturated/α-hetero) is 1. The second kappa shape index (κ2) is 8.79. The van der Waals surface area contributed by atoms with Crippen molar-refractivity contribution in [2.45, 2.75) is 11.8 Å². The van der Waals surface area contributed by atoms with Crippen molar-refractivity contribution in [3.05, 3.63) is 59.7 Å². The van der Waals surface area contributed by atoms with E-state index in [0.29, 0.717) is 24.3 Å². The molecule has 0 saturated heterocycles. The van der Waals surface area contributed by atoms with Gasteiger partial charge in [-0.15, -0.1) is 0 Å². The molecule has 0 aliphatic carbocycles. The van der Waals surface area contributed by atoms with Crippen molar-refractivity contribution in [1.82, 2.24) is 10.2 Å². The molecule has 27 heavy (non-hydrogen) atoms. The van der Waals surface area contributed by atoms with Crippen LogP contribution in [0.1, 0.15) is 27.6 Å². The first-order chi connectivity index (χ1) is 12.7. The third kappa shape index (κ3) is 5.90. The number of hydrogen-bond donors (Lipinski definition) is 2. The number of carbonyl (C=O) groups excluding carboxylic acids is 2. The maximum atomic E-state index is 12.6. The topological polar surface area (TPSA) is 95.6 Å². The summed E-state index contributed by atoms with van der Waals surface area (Å²) in [6.45, 7) is 2.58. The predicted octanol–water partition coefficient (Wildman–Crippen LogP) is 1.98. The number of likely N-dealkylation sites (N-methyl/N-ethyl adjacent to an activating group) is 1. The van der Waals surface area contributed by atoms with Gasteiger partial charge in [-0.1, -0.05) is 6.07 Å². The number of anilines is 1. The number of nitrogens with zero attached hydrogens (tertiary/aromatic N) is 1. The molecule has 0 aliphatic heterocycles. The van der Waals surface area contributed by atoms with Crippen molar-refractivity contribution < 1.29 is 18.0 Å². The van der Waals surface area contributed by atoms with Crippen LogP contribution >= 0.6 is 0 Å². The highest BCUT2D eigenvalue weighted by Gasteiger charge is 2.16. The number of nitrogens with one attached hydrogen (secondary N) is 2. The first-order valence-electron chi connectivity index (χ1n) is 8.36. The Morgan fingerprint density at radius 1 is 1.00 bits per heavy atom. The summed E-state index contributed by atoms with van der Waals surface area (Å²) in [4.78, 5) is 25.4. The fraction of sp³-hybridized carbons (Fsp3) is 0.263. The fourth-order valence-corrected chi connectivity index (χ4v) is 3.39. The molecule has 0 aromatic heterocycles. The molecule has 0 fully saturated rings. The second-order valence-corrected chi connectivity index (χ2v) is 8.01. The van der Waals surface area contributed by atoms with Gasteiger partial charge in [-0.05, 0) is 63.5 Å². The van der Waals surface area contributed by atoms with E-state index in [4.69, 9.17) is 0 Å². The van der Waals surface area contributed by atoms with Gasteiger partial charge in [0.05, 0.1) is 4.90 Å². The molecule has 1 amide bonds. The molecule has 0 radical (unpaired) electrons. The number of hydrogen-bond acceptors (Lipinski definition) is 5. The largest absolute Gasteiger partial charge is 0.351 e. The van der Waals surface area contributed by atoms with Crippen LogP contribution in [-0.4, -0.2) is 52.2 Å². The lowest BCUT2D eigenvalue weighted by molar-refractivity contribution is 0.0949. The van der Waals surface area contributed by atoms with Crippen LogP contribution in [0.25, 0.3) is 0 Å². The highest BCUT2D eigenvalue weighted by Crippen LogP contribution is 2.18. The molecule has 2 aromatic carbocycles. The predicted molar refractivity (Wildman–Crippen MR) is 105 cm³/mol. The SMILES string of the molecule is CC(=O)c1ccc(NS(=O)(=O)c2cccc(C(=O)NCCN(C)C)c2)cc1. The van der Waals surface area contributed by atoms with Gasteiger partial charge in [0.25, 0.3) is 15.9 Å². The van der Waals surface area contributed by atoms with Crippen molar-refractivity contribution in [3.8, 4) is 0 Å². The van der Waals surface area contributed by atoms with Gasteiger partial charge < -0.3 is 10.2 Å². The Labute approximate surface area is 159 Å². The lowest BCUT2D eigenvalue weighted by Crippen LogP contribution is -2.31. The molecule has 2 rings (SSSR count). The monoisotopic (exact) mass is 389 g/mol. The van der Waals surface area contributed by atoms with Crippen LogP contribution < -0.4 is 10.0 Å². The van der Waals surface area contributed by atoms with Crippen LogP contribution in [0.15, 0.2) is 53.4 Å². The van der Waals surface area contributed by atoms with Gasteiger partial charge in [0.2, 0.25) is 0 Å². The molecular formula is C19H23N3O4S. The van der Waals surface area contributed by atoms with Crippen LogP contribution in [0.4, 0.5) is 5.69 Å². The number of carbonyl (C=O) groups is 2. The minimum absolute atomic E-state index is 0.0154. The van der Waals surface area contributed by atoms with Gasteiger partial charge in [0.15, 0.2) is 5.78 Å². The van der Waals surface area contributed by atoms with Crippen molar-refractivity contribution in [1.29, 1.82) is 0 Å². The Morgan fingerprint density at radius 3 is 2.26 bits per heavy atom. The Hall–Kier alpha value is -2.71. The first-order valence-corrected chi connectivity index (χ1v) is 9.84. The van der Waals surface area contributed by atoms with E-state index in [9.17, 15) is 18.0 Å². The maximum absolute atomic E-state index is 12.6. The van der Waals surface area contributed by atoms with Gasteiger partial charge in [0.1, 0.15) is 0 Å². The summed E-state index contributed by atoms with van der Waals surface area (Å²) in [5.74, 6) is -0.433. The summed E-state index contributed by atoms with van der Waals surface area (Å²) in [5.41, 5.74) is 1.10. The van der Waals surface area contributed by atoms with E-state index in [1.54, 1.807) is 18.2 Å². The van der Waals surface area contributed by atoms with E-state index < -0.39 is 10.0 Å². The van der Waals surface area contributed by atoms with Crippen LogP contribution in [-0.2, 0) is 10.0 Å². The smallest absolute Gasteiger partial charge is 0.261 e. The molecule has 0 unspecified atom stereocenters. The zero-order valence-corrected chi connectivity index (χ0v) is 16.3. The third-order valence-corrected chi connectivity index (χ3v) is 5.17. The normalized spacial score (nSPS) is 11.3. The fourth-order valence-electron chi connectivity index (χ4n) is 2.29. The van der Waals surface area contributed by atoms with Gasteiger partial charge in [-0.3, -0.25) is 14.3 Å². The molecule has 2 aromatic rings. The van der Waals surface area contributed by atoms with Crippen molar-refractivity contribution in [2.75, 3.05) is 31.9 Å². The van der Waals surface area contributed by atoms with Gasteiger partial charge >= 0.3 is 0 Å². The summed E-state index contributed by atoms with van der Waals surface area (Å²) in [6, 6.07) is 12.0. The van der Waals surface area contributed by atoms with E-state index >= 15 is 0 Å². The molecule has 8 heteroatoms. The Kier molecular flexibility index (Phi) is 6.70. The van der Waals surface area contributed by atoms with Gasteiger partial charge in [-0.2, -0.15) is 0 Å². The average Bonchev–Trinajstić information content (AvgIpc) is 2.61. The highest BCUT2D eigenvalue weighted by molar-refractivity contribution is 7.92. The van der Waals surface area contributed by atoms with E-state index in [1.807, 2.05) is 19.0 Å². The summed E-state index contributed by atoms with van der Waals surface area (Å²) in [7, 11) is -0.0660. The van der Waals surface area contributed by atoms with E-state index in [1.165, 1.54) is 37.3 Å². The van der Waals surface area contributed by atoms with Crippen molar-refractivity contribution >= 4 is 27.4 Å². The third-order valence-electron chi connectivity index (χ3n) is 3.79. The number of rotatable bonds is 8. The standard InChI is InChI=1S/C19H23N3O4S/c1-14(23)15-7-9-17(10-8-15)21-27(25,26)18-6-4-5-16(13-18)19(24)20-11-12-22(2)3/h4-10,13,21H,11-12H2,1-3H3,(H,20,24). The maximum Gasteiger partial charge on any atom is 0.261 e. The van der Waals surface area contributed by atoms with Crippen molar-refractivity contribution in [3.63, 3.8) is 0 Å². The Balaban J connectivity index is 2.14. The quantitative estimate of drug-likeness (QED) is 0.673. The molecule has 7 nitrogen and oxygen atoms in total. The lowest BCUT2D eigenvalue weighted by atomic mass is 10.1. The van der Waals surface area contributed by atoms with E-state index in [-0.39, 0.29) is 22.1 Å². The molecular weight excluding hydrogens is 366 g/mol. The number of amides is 1. The summed E-state index contributed by atoms with van der Waals surface area (Å²) in [6.07, 6.45) is 0. The lowest BCUT2D eigenvalue weighted by Gasteiger charge is -2.12.